The summed E-state index contributed by atoms with van der Waals surface area (Å²) in [5, 5.41) is 18.6. The van der Waals surface area contributed by atoms with E-state index in [4.69, 9.17) is 0 Å². The molecule has 0 unspecified atom stereocenters. The standard InChI is InChI=1S/C17H26N4O/c1-13(2)21-16-15(10-20-21)7-14(9-19-16)8-18-11-17(12-22)5-3-4-6-17/h7,9-10,13,18,22H,3-6,8,11-12H2,1-2H3. The van der Waals surface area contributed by atoms with E-state index in [1.165, 1.54) is 18.4 Å². The Balaban J connectivity index is 1.64. The van der Waals surface area contributed by atoms with Crippen LogP contribution in [0.1, 0.15) is 51.1 Å². The van der Waals surface area contributed by atoms with Gasteiger partial charge in [0.2, 0.25) is 0 Å². The van der Waals surface area contributed by atoms with Gasteiger partial charge in [0.1, 0.15) is 0 Å². The molecule has 1 saturated carbocycles. The van der Waals surface area contributed by atoms with Crippen molar-refractivity contribution < 1.29 is 5.11 Å². The third-order valence-corrected chi connectivity index (χ3v) is 4.81. The van der Waals surface area contributed by atoms with Crippen LogP contribution in [0.25, 0.3) is 11.0 Å². The summed E-state index contributed by atoms with van der Waals surface area (Å²) in [5.74, 6) is 0. The van der Waals surface area contributed by atoms with E-state index >= 15 is 0 Å². The van der Waals surface area contributed by atoms with Crippen molar-refractivity contribution >= 4 is 11.0 Å². The molecular formula is C17H26N4O. The first kappa shape index (κ1) is 15.4. The zero-order valence-corrected chi connectivity index (χ0v) is 13.5. The van der Waals surface area contributed by atoms with Crippen molar-refractivity contribution in [3.8, 4) is 0 Å². The molecule has 0 amide bonds. The van der Waals surface area contributed by atoms with Crippen molar-refractivity contribution in [2.24, 2.45) is 5.41 Å². The van der Waals surface area contributed by atoms with Crippen LogP contribution in [0.3, 0.4) is 0 Å². The average molecular weight is 302 g/mol. The first-order valence-electron chi connectivity index (χ1n) is 8.27. The highest BCUT2D eigenvalue weighted by Gasteiger charge is 2.32. The van der Waals surface area contributed by atoms with Crippen LogP contribution in [0.2, 0.25) is 0 Å². The Bertz CT molecular complexity index is 629. The van der Waals surface area contributed by atoms with E-state index in [9.17, 15) is 5.11 Å². The molecule has 0 bridgehead atoms. The molecule has 3 rings (SSSR count). The minimum Gasteiger partial charge on any atom is -0.396 e. The molecule has 0 aliphatic heterocycles. The van der Waals surface area contributed by atoms with Gasteiger partial charge in [0, 0.05) is 42.7 Å². The zero-order valence-electron chi connectivity index (χ0n) is 13.5. The van der Waals surface area contributed by atoms with E-state index in [2.05, 4.69) is 35.3 Å². The molecule has 1 fully saturated rings. The second kappa shape index (κ2) is 6.34. The second-order valence-corrected chi connectivity index (χ2v) is 6.91. The predicted molar refractivity (Wildman–Crippen MR) is 87.6 cm³/mol. The van der Waals surface area contributed by atoms with Crippen LogP contribution >= 0.6 is 0 Å². The monoisotopic (exact) mass is 302 g/mol. The lowest BCUT2D eigenvalue weighted by molar-refractivity contribution is 0.128. The largest absolute Gasteiger partial charge is 0.396 e. The van der Waals surface area contributed by atoms with Crippen LogP contribution in [0.4, 0.5) is 0 Å². The SMILES string of the molecule is CC(C)n1ncc2cc(CNCC3(CO)CCCC3)cnc21. The van der Waals surface area contributed by atoms with Gasteiger partial charge in [0.25, 0.3) is 0 Å². The topological polar surface area (TPSA) is 63.0 Å². The maximum absolute atomic E-state index is 9.65. The van der Waals surface area contributed by atoms with Crippen molar-refractivity contribution in [3.63, 3.8) is 0 Å². The molecule has 0 spiro atoms. The van der Waals surface area contributed by atoms with E-state index < -0.39 is 0 Å². The zero-order chi connectivity index (χ0) is 15.6. The molecule has 2 heterocycles. The first-order valence-corrected chi connectivity index (χ1v) is 8.27. The maximum atomic E-state index is 9.65. The summed E-state index contributed by atoms with van der Waals surface area (Å²) in [7, 11) is 0. The number of aliphatic hydroxyl groups excluding tert-OH is 1. The van der Waals surface area contributed by atoms with Gasteiger partial charge < -0.3 is 10.4 Å². The second-order valence-electron chi connectivity index (χ2n) is 6.91. The molecule has 2 aromatic rings. The number of nitrogens with zero attached hydrogens (tertiary/aromatic N) is 3. The molecule has 0 saturated heterocycles. The van der Waals surface area contributed by atoms with Crippen molar-refractivity contribution in [2.45, 2.75) is 52.1 Å². The Labute approximate surface area is 131 Å². The molecular weight excluding hydrogens is 276 g/mol. The van der Waals surface area contributed by atoms with Crippen LogP contribution in [-0.4, -0.2) is 33.0 Å². The Hall–Kier alpha value is -1.46. The molecule has 2 aromatic heterocycles. The first-order chi connectivity index (χ1) is 10.6. The molecule has 0 aromatic carbocycles. The summed E-state index contributed by atoms with van der Waals surface area (Å²) in [5.41, 5.74) is 2.21. The summed E-state index contributed by atoms with van der Waals surface area (Å²) >= 11 is 0. The number of hydrogen-bond donors (Lipinski definition) is 2. The average Bonchev–Trinajstić information content (AvgIpc) is 3.14. The number of rotatable bonds is 6. The summed E-state index contributed by atoms with van der Waals surface area (Å²) < 4.78 is 1.95. The normalized spacial score (nSPS) is 17.6. The van der Waals surface area contributed by atoms with Gasteiger partial charge in [-0.1, -0.05) is 12.8 Å². The maximum Gasteiger partial charge on any atom is 0.157 e. The Morgan fingerprint density at radius 2 is 2.09 bits per heavy atom. The van der Waals surface area contributed by atoms with E-state index in [1.807, 2.05) is 17.1 Å². The third-order valence-electron chi connectivity index (χ3n) is 4.81. The van der Waals surface area contributed by atoms with E-state index in [0.717, 1.165) is 37.0 Å². The number of aliphatic hydroxyl groups is 1. The molecule has 22 heavy (non-hydrogen) atoms. The smallest absolute Gasteiger partial charge is 0.157 e. The lowest BCUT2D eigenvalue weighted by Crippen LogP contribution is -2.34. The van der Waals surface area contributed by atoms with Gasteiger partial charge >= 0.3 is 0 Å². The fourth-order valence-corrected chi connectivity index (χ4v) is 3.45. The van der Waals surface area contributed by atoms with Gasteiger partial charge in [-0.15, -0.1) is 0 Å². The predicted octanol–water partition coefficient (Wildman–Crippen LogP) is 2.65. The highest BCUT2D eigenvalue weighted by Crippen LogP contribution is 2.36. The highest BCUT2D eigenvalue weighted by molar-refractivity contribution is 5.75. The summed E-state index contributed by atoms with van der Waals surface area (Å²) in [6.45, 7) is 6.18. The van der Waals surface area contributed by atoms with Crippen LogP contribution in [-0.2, 0) is 6.54 Å². The quantitative estimate of drug-likeness (QED) is 0.861. The van der Waals surface area contributed by atoms with Crippen molar-refractivity contribution in [2.75, 3.05) is 13.2 Å². The van der Waals surface area contributed by atoms with Crippen molar-refractivity contribution in [1.29, 1.82) is 0 Å². The summed E-state index contributed by atoms with van der Waals surface area (Å²) in [6.07, 6.45) is 8.56. The number of pyridine rings is 1. The van der Waals surface area contributed by atoms with Crippen LogP contribution in [0.15, 0.2) is 18.5 Å². The number of fused-ring (bicyclic) bond motifs is 1. The Morgan fingerprint density at radius 3 is 2.77 bits per heavy atom. The van der Waals surface area contributed by atoms with E-state index in [-0.39, 0.29) is 5.41 Å². The van der Waals surface area contributed by atoms with Crippen LogP contribution < -0.4 is 5.32 Å². The molecule has 1 aliphatic rings. The third kappa shape index (κ3) is 3.01. The molecule has 0 atom stereocenters. The summed E-state index contributed by atoms with van der Waals surface area (Å²) in [6, 6.07) is 2.47. The van der Waals surface area contributed by atoms with Gasteiger partial charge in [-0.2, -0.15) is 5.10 Å². The highest BCUT2D eigenvalue weighted by atomic mass is 16.3. The van der Waals surface area contributed by atoms with Gasteiger partial charge in [-0.3, -0.25) is 0 Å². The molecule has 120 valence electrons. The van der Waals surface area contributed by atoms with Gasteiger partial charge in [0.15, 0.2) is 5.65 Å². The number of aromatic nitrogens is 3. The summed E-state index contributed by atoms with van der Waals surface area (Å²) in [4.78, 5) is 4.56. The molecule has 5 nitrogen and oxygen atoms in total. The van der Waals surface area contributed by atoms with Crippen molar-refractivity contribution in [3.05, 3.63) is 24.0 Å². The molecule has 2 N–H and O–H groups in total. The minimum absolute atomic E-state index is 0.0973. The van der Waals surface area contributed by atoms with Gasteiger partial charge in [0.05, 0.1) is 6.20 Å². The van der Waals surface area contributed by atoms with Crippen molar-refractivity contribution in [1.82, 2.24) is 20.1 Å². The van der Waals surface area contributed by atoms with E-state index in [1.54, 1.807) is 0 Å². The molecule has 0 radical (unpaired) electrons. The lowest BCUT2D eigenvalue weighted by atomic mass is 9.87. The molecule has 5 heteroatoms. The fourth-order valence-electron chi connectivity index (χ4n) is 3.45. The van der Waals surface area contributed by atoms with Gasteiger partial charge in [-0.25, -0.2) is 9.67 Å². The van der Waals surface area contributed by atoms with E-state index in [0.29, 0.717) is 12.6 Å². The van der Waals surface area contributed by atoms with Gasteiger partial charge in [-0.05, 0) is 38.3 Å². The number of hydrogen-bond acceptors (Lipinski definition) is 4. The minimum atomic E-state index is 0.0973. The fraction of sp³-hybridized carbons (Fsp3) is 0.647. The lowest BCUT2D eigenvalue weighted by Gasteiger charge is -2.26. The molecule has 1 aliphatic carbocycles. The Morgan fingerprint density at radius 1 is 1.32 bits per heavy atom. The number of nitrogens with one attached hydrogen (secondary N) is 1. The van der Waals surface area contributed by atoms with Crippen LogP contribution in [0, 0.1) is 5.41 Å². The van der Waals surface area contributed by atoms with Crippen LogP contribution in [0.5, 0.6) is 0 Å². The Kier molecular flexibility index (Phi) is 4.45.